The van der Waals surface area contributed by atoms with Gasteiger partial charge in [0.1, 0.15) is 0 Å². The van der Waals surface area contributed by atoms with E-state index in [1.807, 2.05) is 18.2 Å². The Labute approximate surface area is 125 Å². The van der Waals surface area contributed by atoms with Gasteiger partial charge in [-0.15, -0.1) is 11.3 Å². The first-order chi connectivity index (χ1) is 9.28. The van der Waals surface area contributed by atoms with E-state index >= 15 is 0 Å². The minimum absolute atomic E-state index is 0.772. The molecule has 19 heavy (non-hydrogen) atoms. The lowest BCUT2D eigenvalue weighted by Crippen LogP contribution is -1.98. The molecule has 1 aromatic carbocycles. The molecule has 0 saturated carbocycles. The molecule has 3 aromatic rings. The van der Waals surface area contributed by atoms with Crippen molar-refractivity contribution in [1.29, 1.82) is 0 Å². The second kappa shape index (κ2) is 5.49. The molecule has 0 amide bonds. The van der Waals surface area contributed by atoms with Gasteiger partial charge in [-0.05, 0) is 35.6 Å². The molecule has 0 aliphatic rings. The molecule has 2 heterocycles. The lowest BCUT2D eigenvalue weighted by atomic mass is 10.2. The fourth-order valence-electron chi connectivity index (χ4n) is 1.98. The largest absolute Gasteiger partial charge is 0.357 e. The topological polar surface area (TPSA) is 24.9 Å². The highest BCUT2D eigenvalue weighted by atomic mass is 35.5. The van der Waals surface area contributed by atoms with Gasteiger partial charge in [0.2, 0.25) is 0 Å². The number of thiophene rings is 1. The molecule has 0 radical (unpaired) electrons. The smallest absolute Gasteiger partial charge is 0.184 e. The second-order valence-corrected chi connectivity index (χ2v) is 6.59. The number of anilines is 1. The Morgan fingerprint density at radius 2 is 2.21 bits per heavy atom. The first-order valence-electron chi connectivity index (χ1n) is 6.12. The maximum absolute atomic E-state index is 6.16. The maximum Gasteiger partial charge on any atom is 0.184 e. The van der Waals surface area contributed by atoms with E-state index < -0.39 is 0 Å². The van der Waals surface area contributed by atoms with Gasteiger partial charge in [-0.2, -0.15) is 0 Å². The predicted octanol–water partition coefficient (Wildman–Crippen LogP) is 5.19. The van der Waals surface area contributed by atoms with Gasteiger partial charge in [0.15, 0.2) is 5.13 Å². The van der Waals surface area contributed by atoms with Crippen LogP contribution in [0.15, 0.2) is 29.6 Å². The van der Waals surface area contributed by atoms with Gasteiger partial charge in [0, 0.05) is 4.88 Å². The Balaban J connectivity index is 1.80. The third kappa shape index (κ3) is 2.61. The molecular formula is C14H13ClN2S2. The summed E-state index contributed by atoms with van der Waals surface area (Å²) in [5, 5.41) is 7.24. The van der Waals surface area contributed by atoms with Crippen LogP contribution < -0.4 is 5.32 Å². The van der Waals surface area contributed by atoms with Gasteiger partial charge in [-0.1, -0.05) is 35.9 Å². The van der Waals surface area contributed by atoms with Crippen LogP contribution >= 0.6 is 34.3 Å². The van der Waals surface area contributed by atoms with Crippen molar-refractivity contribution >= 4 is 49.6 Å². The Hall–Kier alpha value is -1.10. The minimum atomic E-state index is 0.772. The van der Waals surface area contributed by atoms with Gasteiger partial charge >= 0.3 is 0 Å². The molecule has 98 valence electrons. The number of hydrogen-bond acceptors (Lipinski definition) is 4. The van der Waals surface area contributed by atoms with Crippen LogP contribution in [0.1, 0.15) is 17.4 Å². The molecule has 0 aliphatic carbocycles. The molecule has 0 aliphatic heterocycles. The minimum Gasteiger partial charge on any atom is -0.357 e. The summed E-state index contributed by atoms with van der Waals surface area (Å²) < 4.78 is 1.05. The molecule has 0 saturated heterocycles. The van der Waals surface area contributed by atoms with Crippen molar-refractivity contribution in [2.75, 3.05) is 5.32 Å². The van der Waals surface area contributed by atoms with Gasteiger partial charge in [-0.3, -0.25) is 0 Å². The molecule has 2 nitrogen and oxygen atoms in total. The first-order valence-corrected chi connectivity index (χ1v) is 8.19. The summed E-state index contributed by atoms with van der Waals surface area (Å²) in [5.41, 5.74) is 2.37. The van der Waals surface area contributed by atoms with Gasteiger partial charge in [0.25, 0.3) is 0 Å². The summed E-state index contributed by atoms with van der Waals surface area (Å²) in [4.78, 5) is 5.94. The Morgan fingerprint density at radius 3 is 3.00 bits per heavy atom. The quantitative estimate of drug-likeness (QED) is 0.718. The summed E-state index contributed by atoms with van der Waals surface area (Å²) in [6, 6.07) is 8.02. The molecular weight excluding hydrogens is 296 g/mol. The van der Waals surface area contributed by atoms with Gasteiger partial charge < -0.3 is 5.32 Å². The van der Waals surface area contributed by atoms with E-state index in [4.69, 9.17) is 11.6 Å². The fourth-order valence-corrected chi connectivity index (χ4v) is 4.05. The van der Waals surface area contributed by atoms with Crippen LogP contribution in [0.4, 0.5) is 5.13 Å². The molecule has 5 heteroatoms. The highest BCUT2D eigenvalue weighted by Crippen LogP contribution is 2.32. The number of nitrogens with one attached hydrogen (secondary N) is 1. The van der Waals surface area contributed by atoms with Crippen molar-refractivity contribution in [1.82, 2.24) is 4.98 Å². The molecule has 0 unspecified atom stereocenters. The van der Waals surface area contributed by atoms with E-state index in [1.165, 1.54) is 10.4 Å². The molecule has 0 atom stereocenters. The lowest BCUT2D eigenvalue weighted by molar-refractivity contribution is 1.08. The molecule has 3 rings (SSSR count). The van der Waals surface area contributed by atoms with Crippen molar-refractivity contribution in [3.8, 4) is 0 Å². The fraction of sp³-hybridized carbons (Fsp3) is 0.214. The van der Waals surface area contributed by atoms with Crippen LogP contribution in [0.5, 0.6) is 0 Å². The average Bonchev–Trinajstić information content (AvgIpc) is 3.02. The van der Waals surface area contributed by atoms with E-state index in [0.29, 0.717) is 0 Å². The van der Waals surface area contributed by atoms with Crippen LogP contribution in [-0.2, 0) is 13.0 Å². The lowest BCUT2D eigenvalue weighted by Gasteiger charge is -2.02. The number of halogens is 1. The van der Waals surface area contributed by atoms with E-state index in [1.54, 1.807) is 22.7 Å². The summed E-state index contributed by atoms with van der Waals surface area (Å²) in [5.74, 6) is 0. The van der Waals surface area contributed by atoms with Crippen LogP contribution in [0.25, 0.3) is 10.2 Å². The Kier molecular flexibility index (Phi) is 3.73. The van der Waals surface area contributed by atoms with Crippen molar-refractivity contribution in [2.45, 2.75) is 19.9 Å². The normalized spacial score (nSPS) is 11.1. The highest BCUT2D eigenvalue weighted by Gasteiger charge is 2.07. The molecule has 1 N–H and O–H groups in total. The summed E-state index contributed by atoms with van der Waals surface area (Å²) in [6.07, 6.45) is 1.08. The van der Waals surface area contributed by atoms with Gasteiger partial charge in [0.05, 0.1) is 21.8 Å². The average molecular weight is 309 g/mol. The molecule has 0 fully saturated rings. The first kappa shape index (κ1) is 12.9. The molecule has 2 aromatic heterocycles. The second-order valence-electron chi connectivity index (χ2n) is 4.18. The van der Waals surface area contributed by atoms with E-state index in [-0.39, 0.29) is 0 Å². The number of nitrogens with zero attached hydrogens (tertiary/aromatic N) is 1. The van der Waals surface area contributed by atoms with Crippen LogP contribution in [-0.4, -0.2) is 4.98 Å². The zero-order valence-electron chi connectivity index (χ0n) is 10.4. The Bertz CT molecular complexity index is 702. The van der Waals surface area contributed by atoms with Gasteiger partial charge in [-0.25, -0.2) is 4.98 Å². The highest BCUT2D eigenvalue weighted by molar-refractivity contribution is 7.22. The molecule has 0 spiro atoms. The summed E-state index contributed by atoms with van der Waals surface area (Å²) >= 11 is 9.56. The zero-order valence-corrected chi connectivity index (χ0v) is 12.8. The number of fused-ring (bicyclic) bond motifs is 1. The summed E-state index contributed by atoms with van der Waals surface area (Å²) in [7, 11) is 0. The number of aryl methyl sites for hydroxylation is 1. The maximum atomic E-state index is 6.16. The standard InChI is InChI=1S/C14H13ClN2S2/c1-2-9-6-7-18-12(9)8-16-14-17-11-5-3-4-10(15)13(11)19-14/h3-7H,2,8H2,1H3,(H,16,17). The third-order valence-electron chi connectivity index (χ3n) is 2.99. The predicted molar refractivity (Wildman–Crippen MR) is 85.7 cm³/mol. The monoisotopic (exact) mass is 308 g/mol. The third-order valence-corrected chi connectivity index (χ3v) is 5.44. The van der Waals surface area contributed by atoms with Crippen molar-refractivity contribution < 1.29 is 0 Å². The Morgan fingerprint density at radius 1 is 1.32 bits per heavy atom. The number of rotatable bonds is 4. The van der Waals surface area contributed by atoms with Crippen molar-refractivity contribution in [3.05, 3.63) is 45.1 Å². The van der Waals surface area contributed by atoms with E-state index in [2.05, 4.69) is 28.7 Å². The number of aromatic nitrogens is 1. The number of thiazole rings is 1. The number of hydrogen-bond donors (Lipinski definition) is 1. The van der Waals surface area contributed by atoms with Crippen LogP contribution in [0.3, 0.4) is 0 Å². The van der Waals surface area contributed by atoms with Crippen LogP contribution in [0, 0.1) is 0 Å². The summed E-state index contributed by atoms with van der Waals surface area (Å²) in [6.45, 7) is 3.02. The zero-order chi connectivity index (χ0) is 13.2. The van der Waals surface area contributed by atoms with Crippen molar-refractivity contribution in [3.63, 3.8) is 0 Å². The van der Waals surface area contributed by atoms with E-state index in [9.17, 15) is 0 Å². The number of benzene rings is 1. The van der Waals surface area contributed by atoms with Crippen LogP contribution in [0.2, 0.25) is 5.02 Å². The van der Waals surface area contributed by atoms with E-state index in [0.717, 1.165) is 33.3 Å². The molecule has 0 bridgehead atoms. The van der Waals surface area contributed by atoms with Crippen molar-refractivity contribution in [2.24, 2.45) is 0 Å². The SMILES string of the molecule is CCc1ccsc1CNc1nc2cccc(Cl)c2s1.